The van der Waals surface area contributed by atoms with Gasteiger partial charge in [-0.1, -0.05) is 74.9 Å². The molecule has 0 radical (unpaired) electrons. The molecule has 1 saturated heterocycles. The minimum Gasteiger partial charge on any atom is -0.302 e. The molecule has 0 amide bonds. The van der Waals surface area contributed by atoms with E-state index in [1.54, 1.807) is 0 Å². The summed E-state index contributed by atoms with van der Waals surface area (Å²) in [6, 6.07) is 9.31. The highest BCUT2D eigenvalue weighted by molar-refractivity contribution is 5.23. The quantitative estimate of drug-likeness (QED) is 0.559. The van der Waals surface area contributed by atoms with Crippen molar-refractivity contribution < 1.29 is 0 Å². The lowest BCUT2D eigenvalue weighted by molar-refractivity contribution is 0.337. The van der Waals surface area contributed by atoms with E-state index in [4.69, 9.17) is 0 Å². The van der Waals surface area contributed by atoms with E-state index in [2.05, 4.69) is 56.7 Å². The molecule has 0 spiro atoms. The van der Waals surface area contributed by atoms with Crippen LogP contribution >= 0.6 is 0 Å². The normalized spacial score (nSPS) is 17.6. The summed E-state index contributed by atoms with van der Waals surface area (Å²) in [5.74, 6) is 1.31. The molecule has 27 heavy (non-hydrogen) atoms. The van der Waals surface area contributed by atoms with Crippen LogP contribution in [0.25, 0.3) is 0 Å². The van der Waals surface area contributed by atoms with Crippen LogP contribution in [0.3, 0.4) is 0 Å². The Morgan fingerprint density at radius 3 is 2.37 bits per heavy atom. The van der Waals surface area contributed by atoms with Crippen LogP contribution in [0.4, 0.5) is 0 Å². The van der Waals surface area contributed by atoms with Crippen molar-refractivity contribution in [3.63, 3.8) is 0 Å². The monoisotopic (exact) mass is 369 g/mol. The summed E-state index contributed by atoms with van der Waals surface area (Å²) in [6.45, 7) is 5.58. The third kappa shape index (κ3) is 6.73. The molecule has 5 heteroatoms. The van der Waals surface area contributed by atoms with Crippen LogP contribution in [0.5, 0.6) is 0 Å². The van der Waals surface area contributed by atoms with Gasteiger partial charge in [0, 0.05) is 19.0 Å². The van der Waals surface area contributed by atoms with Gasteiger partial charge in [-0.3, -0.25) is 0 Å². The number of H-pyrrole nitrogens is 1. The first-order chi connectivity index (χ1) is 13.3. The zero-order chi connectivity index (χ0) is 18.7. The Labute approximate surface area is 163 Å². The Kier molecular flexibility index (Phi) is 8.28. The van der Waals surface area contributed by atoms with Crippen molar-refractivity contribution in [2.45, 2.75) is 77.0 Å². The number of benzene rings is 1. The molecule has 1 aliphatic rings. The highest BCUT2D eigenvalue weighted by Crippen LogP contribution is 2.23. The molecule has 1 aromatic heterocycles. The van der Waals surface area contributed by atoms with Crippen LogP contribution in [0.1, 0.15) is 81.2 Å². The molecule has 0 bridgehead atoms. The first-order valence-electron chi connectivity index (χ1n) is 10.9. The lowest BCUT2D eigenvalue weighted by Crippen LogP contribution is -2.23. The fourth-order valence-electron chi connectivity index (χ4n) is 4.04. The molecule has 0 aliphatic carbocycles. The molecule has 0 unspecified atom stereocenters. The second-order valence-corrected chi connectivity index (χ2v) is 7.99. The number of tetrazole rings is 1. The maximum atomic E-state index is 4.14. The molecular weight excluding hydrogens is 334 g/mol. The minimum atomic E-state index is 0.438. The van der Waals surface area contributed by atoms with Crippen LogP contribution in [-0.2, 0) is 12.8 Å². The Bertz CT molecular complexity index is 623. The number of unbranched alkanes of at least 4 members (excludes halogenated alkanes) is 6. The van der Waals surface area contributed by atoms with E-state index >= 15 is 0 Å². The second kappa shape index (κ2) is 11.2. The van der Waals surface area contributed by atoms with E-state index in [1.807, 2.05) is 0 Å². The number of aromatic amines is 1. The molecule has 5 nitrogen and oxygen atoms in total. The van der Waals surface area contributed by atoms with Crippen LogP contribution in [0.2, 0.25) is 0 Å². The average Bonchev–Trinajstić information content (AvgIpc) is 3.38. The Morgan fingerprint density at radius 2 is 1.67 bits per heavy atom. The van der Waals surface area contributed by atoms with Crippen molar-refractivity contribution in [1.82, 2.24) is 25.5 Å². The van der Waals surface area contributed by atoms with Gasteiger partial charge in [0.2, 0.25) is 0 Å². The van der Waals surface area contributed by atoms with Gasteiger partial charge in [0.1, 0.15) is 0 Å². The largest absolute Gasteiger partial charge is 0.302 e. The lowest BCUT2D eigenvalue weighted by Gasteiger charge is -2.15. The van der Waals surface area contributed by atoms with Crippen LogP contribution in [0, 0.1) is 0 Å². The van der Waals surface area contributed by atoms with Crippen LogP contribution < -0.4 is 0 Å². The van der Waals surface area contributed by atoms with Gasteiger partial charge in [0.25, 0.3) is 0 Å². The van der Waals surface area contributed by atoms with Gasteiger partial charge in [-0.2, -0.15) is 5.21 Å². The van der Waals surface area contributed by atoms with E-state index in [0.717, 1.165) is 38.3 Å². The third-order valence-electron chi connectivity index (χ3n) is 5.81. The zero-order valence-corrected chi connectivity index (χ0v) is 16.9. The second-order valence-electron chi connectivity index (χ2n) is 7.99. The van der Waals surface area contributed by atoms with E-state index in [0.29, 0.717) is 5.92 Å². The number of likely N-dealkylation sites (tertiary alicyclic amines) is 1. The van der Waals surface area contributed by atoms with Crippen molar-refractivity contribution in [2.24, 2.45) is 0 Å². The van der Waals surface area contributed by atoms with Gasteiger partial charge in [-0.25, -0.2) is 0 Å². The number of hydrogen-bond acceptors (Lipinski definition) is 4. The molecular formula is C22H35N5. The summed E-state index contributed by atoms with van der Waals surface area (Å²) in [6.07, 6.45) is 13.2. The summed E-state index contributed by atoms with van der Waals surface area (Å²) < 4.78 is 0. The molecule has 1 fully saturated rings. The maximum Gasteiger partial charge on any atom is 0.178 e. The first-order valence-corrected chi connectivity index (χ1v) is 10.9. The number of rotatable bonds is 12. The Morgan fingerprint density at radius 1 is 0.963 bits per heavy atom. The van der Waals surface area contributed by atoms with Gasteiger partial charge in [0.05, 0.1) is 0 Å². The minimum absolute atomic E-state index is 0.438. The Balaban J connectivity index is 1.30. The third-order valence-corrected chi connectivity index (χ3v) is 5.81. The molecule has 0 saturated carbocycles. The molecule has 2 heterocycles. The van der Waals surface area contributed by atoms with Crippen molar-refractivity contribution in [2.75, 3.05) is 19.6 Å². The van der Waals surface area contributed by atoms with Crippen molar-refractivity contribution in [3.8, 4) is 0 Å². The summed E-state index contributed by atoms with van der Waals surface area (Å²) in [4.78, 5) is 2.52. The number of hydrogen-bond donors (Lipinski definition) is 1. The molecule has 2 aromatic rings. The summed E-state index contributed by atoms with van der Waals surface area (Å²) in [7, 11) is 0. The van der Waals surface area contributed by atoms with Crippen molar-refractivity contribution in [1.29, 1.82) is 0 Å². The molecule has 3 rings (SSSR count). The van der Waals surface area contributed by atoms with Gasteiger partial charge in [-0.15, -0.1) is 10.2 Å². The molecule has 1 aliphatic heterocycles. The summed E-state index contributed by atoms with van der Waals surface area (Å²) in [5, 5.41) is 14.5. The maximum absolute atomic E-state index is 4.14. The highest BCUT2D eigenvalue weighted by Gasteiger charge is 2.26. The number of aryl methyl sites for hydroxylation is 1. The standard InChI is InChI=1S/C22H35N5/c1-2-3-4-5-6-7-8-9-19-10-12-20(13-11-19)14-16-27-17-15-21(18-27)22-23-25-26-24-22/h10-13,21H,2-9,14-18H2,1H3,(H,23,24,25,26)/t21-/m1/s1. The number of nitrogens with zero attached hydrogens (tertiary/aromatic N) is 4. The molecule has 1 N–H and O–H groups in total. The zero-order valence-electron chi connectivity index (χ0n) is 16.9. The van der Waals surface area contributed by atoms with Crippen molar-refractivity contribution in [3.05, 3.63) is 41.2 Å². The average molecular weight is 370 g/mol. The summed E-state index contributed by atoms with van der Waals surface area (Å²) in [5.41, 5.74) is 2.94. The predicted molar refractivity (Wildman–Crippen MR) is 110 cm³/mol. The van der Waals surface area contributed by atoms with Crippen molar-refractivity contribution >= 4 is 0 Å². The fraction of sp³-hybridized carbons (Fsp3) is 0.682. The molecule has 1 aromatic carbocycles. The summed E-state index contributed by atoms with van der Waals surface area (Å²) >= 11 is 0. The molecule has 1 atom stereocenters. The van der Waals surface area contributed by atoms with Crippen LogP contribution in [-0.4, -0.2) is 45.2 Å². The van der Waals surface area contributed by atoms with Gasteiger partial charge in [-0.05, 0) is 43.4 Å². The van der Waals surface area contributed by atoms with Gasteiger partial charge < -0.3 is 4.90 Å². The Hall–Kier alpha value is -1.75. The van der Waals surface area contributed by atoms with Gasteiger partial charge >= 0.3 is 0 Å². The van der Waals surface area contributed by atoms with Crippen LogP contribution in [0.15, 0.2) is 24.3 Å². The highest BCUT2D eigenvalue weighted by atomic mass is 15.5. The van der Waals surface area contributed by atoms with E-state index in [9.17, 15) is 0 Å². The topological polar surface area (TPSA) is 57.7 Å². The van der Waals surface area contributed by atoms with E-state index in [1.165, 1.54) is 62.5 Å². The number of nitrogens with one attached hydrogen (secondary N) is 1. The first kappa shape index (κ1) is 20.0. The smallest absolute Gasteiger partial charge is 0.178 e. The SMILES string of the molecule is CCCCCCCCCc1ccc(CCN2CC[C@@H](c3nn[nH]n3)C2)cc1. The van der Waals surface area contributed by atoms with E-state index in [-0.39, 0.29) is 0 Å². The van der Waals surface area contributed by atoms with E-state index < -0.39 is 0 Å². The lowest BCUT2D eigenvalue weighted by atomic mass is 10.0. The van der Waals surface area contributed by atoms with Gasteiger partial charge in [0.15, 0.2) is 5.82 Å². The fourth-order valence-corrected chi connectivity index (χ4v) is 4.04. The molecule has 148 valence electrons. The number of aromatic nitrogens is 4. The predicted octanol–water partition coefficient (Wildman–Crippen LogP) is 4.52.